The number of aromatic nitrogens is 2. The van der Waals surface area contributed by atoms with Gasteiger partial charge in [0.15, 0.2) is 0 Å². The minimum Gasteiger partial charge on any atom is -0.473 e. The Morgan fingerprint density at radius 2 is 2.00 bits per heavy atom. The third-order valence-corrected chi connectivity index (χ3v) is 5.07. The highest BCUT2D eigenvalue weighted by atomic mass is 19.1. The van der Waals surface area contributed by atoms with E-state index in [0.717, 1.165) is 37.3 Å². The zero-order valence-corrected chi connectivity index (χ0v) is 16.0. The molecule has 0 radical (unpaired) electrons. The maximum atomic E-state index is 13.9. The second-order valence-corrected chi connectivity index (χ2v) is 7.36. The third kappa shape index (κ3) is 5.76. The first-order valence-electron chi connectivity index (χ1n) is 10.00. The van der Waals surface area contributed by atoms with Crippen LogP contribution in [0.1, 0.15) is 56.7 Å². The summed E-state index contributed by atoms with van der Waals surface area (Å²) < 4.78 is 35.0. The molecule has 1 heterocycles. The van der Waals surface area contributed by atoms with Crippen LogP contribution in [0.4, 0.5) is 8.78 Å². The summed E-state index contributed by atoms with van der Waals surface area (Å²) in [6.45, 7) is 4.53. The van der Waals surface area contributed by atoms with E-state index < -0.39 is 11.6 Å². The Labute approximate surface area is 159 Å². The minimum absolute atomic E-state index is 0.0121. The fourth-order valence-electron chi connectivity index (χ4n) is 3.60. The zero-order chi connectivity index (χ0) is 19.1. The standard InChI is InChI=1S/C21H29F2N3O/c1-2-10-24-13-19-12-21(26(25-19)14-16-6-4-3-5-7-16)27-15-17-11-18(22)8-9-20(17)23/h8-9,11-12,16,24H,2-7,10,13-15H2,1H3. The molecule has 27 heavy (non-hydrogen) atoms. The van der Waals surface area contributed by atoms with Gasteiger partial charge >= 0.3 is 0 Å². The summed E-state index contributed by atoms with van der Waals surface area (Å²) in [4.78, 5) is 0. The Morgan fingerprint density at radius 3 is 2.78 bits per heavy atom. The molecule has 0 atom stereocenters. The van der Waals surface area contributed by atoms with Gasteiger partial charge in [-0.05, 0) is 49.9 Å². The number of halogens is 2. The van der Waals surface area contributed by atoms with Gasteiger partial charge in [-0.3, -0.25) is 0 Å². The molecule has 1 aromatic heterocycles. The van der Waals surface area contributed by atoms with Crippen LogP contribution < -0.4 is 10.1 Å². The Bertz CT molecular complexity index is 726. The van der Waals surface area contributed by atoms with E-state index >= 15 is 0 Å². The molecule has 0 bridgehead atoms. The number of rotatable bonds is 9. The van der Waals surface area contributed by atoms with Crippen molar-refractivity contribution in [3.63, 3.8) is 0 Å². The highest BCUT2D eigenvalue weighted by molar-refractivity contribution is 5.21. The van der Waals surface area contributed by atoms with Crippen LogP contribution in [0.15, 0.2) is 24.3 Å². The van der Waals surface area contributed by atoms with Crippen molar-refractivity contribution in [2.24, 2.45) is 5.92 Å². The van der Waals surface area contributed by atoms with Gasteiger partial charge in [-0.15, -0.1) is 0 Å². The van der Waals surface area contributed by atoms with Gasteiger partial charge in [-0.2, -0.15) is 5.10 Å². The van der Waals surface area contributed by atoms with E-state index in [0.29, 0.717) is 18.3 Å². The summed E-state index contributed by atoms with van der Waals surface area (Å²) in [5.41, 5.74) is 1.13. The fourth-order valence-corrected chi connectivity index (χ4v) is 3.60. The minimum atomic E-state index is -0.463. The predicted molar refractivity (Wildman–Crippen MR) is 101 cm³/mol. The van der Waals surface area contributed by atoms with Gasteiger partial charge in [0.2, 0.25) is 5.88 Å². The predicted octanol–water partition coefficient (Wildman–Crippen LogP) is 4.82. The number of benzene rings is 1. The number of nitrogens with zero attached hydrogens (tertiary/aromatic N) is 2. The summed E-state index contributed by atoms with van der Waals surface area (Å²) in [5.74, 6) is 0.302. The van der Waals surface area contributed by atoms with Gasteiger partial charge in [0.05, 0.1) is 5.69 Å². The summed E-state index contributed by atoms with van der Waals surface area (Å²) in [6, 6.07) is 5.33. The third-order valence-electron chi connectivity index (χ3n) is 5.07. The lowest BCUT2D eigenvalue weighted by atomic mass is 9.89. The molecule has 1 aromatic carbocycles. The van der Waals surface area contributed by atoms with Crippen molar-refractivity contribution in [3.8, 4) is 5.88 Å². The van der Waals surface area contributed by atoms with Crippen LogP contribution in [-0.2, 0) is 19.7 Å². The molecule has 4 nitrogen and oxygen atoms in total. The molecule has 1 aliphatic rings. The lowest BCUT2D eigenvalue weighted by molar-refractivity contribution is 0.242. The van der Waals surface area contributed by atoms with E-state index in [1.165, 1.54) is 38.2 Å². The van der Waals surface area contributed by atoms with Gasteiger partial charge in [0.1, 0.15) is 18.2 Å². The maximum Gasteiger partial charge on any atom is 0.212 e. The molecule has 1 fully saturated rings. The average molecular weight is 377 g/mol. The van der Waals surface area contributed by atoms with E-state index in [4.69, 9.17) is 4.74 Å². The molecule has 0 amide bonds. The lowest BCUT2D eigenvalue weighted by Gasteiger charge is -2.22. The summed E-state index contributed by atoms with van der Waals surface area (Å²) in [7, 11) is 0. The Balaban J connectivity index is 1.70. The molecule has 1 aliphatic carbocycles. The van der Waals surface area contributed by atoms with Crippen LogP contribution in [0.5, 0.6) is 5.88 Å². The van der Waals surface area contributed by atoms with Crippen molar-refractivity contribution in [1.29, 1.82) is 0 Å². The SMILES string of the molecule is CCCNCc1cc(OCc2cc(F)ccc2F)n(CC2CCCCC2)n1. The first-order chi connectivity index (χ1) is 13.2. The molecule has 0 aliphatic heterocycles. The molecule has 3 rings (SSSR count). The lowest BCUT2D eigenvalue weighted by Crippen LogP contribution is -2.17. The summed E-state index contributed by atoms with van der Waals surface area (Å²) in [5, 5.41) is 8.03. The molecule has 148 valence electrons. The van der Waals surface area contributed by atoms with E-state index in [-0.39, 0.29) is 12.2 Å². The first-order valence-corrected chi connectivity index (χ1v) is 10.00. The van der Waals surface area contributed by atoms with Crippen LogP contribution in [0.2, 0.25) is 0 Å². The van der Waals surface area contributed by atoms with Gasteiger partial charge in [0.25, 0.3) is 0 Å². The average Bonchev–Trinajstić information content (AvgIpc) is 3.05. The van der Waals surface area contributed by atoms with E-state index in [1.54, 1.807) is 0 Å². The van der Waals surface area contributed by atoms with Crippen LogP contribution in [0.3, 0.4) is 0 Å². The topological polar surface area (TPSA) is 39.1 Å². The molecule has 0 saturated heterocycles. The summed E-state index contributed by atoms with van der Waals surface area (Å²) >= 11 is 0. The van der Waals surface area contributed by atoms with Crippen LogP contribution >= 0.6 is 0 Å². The van der Waals surface area contributed by atoms with Gasteiger partial charge in [0, 0.05) is 24.7 Å². The van der Waals surface area contributed by atoms with Crippen LogP contribution in [0, 0.1) is 17.6 Å². The molecular weight excluding hydrogens is 348 g/mol. The highest BCUT2D eigenvalue weighted by Gasteiger charge is 2.18. The molecule has 0 spiro atoms. The number of hydrogen-bond donors (Lipinski definition) is 1. The number of hydrogen-bond acceptors (Lipinski definition) is 3. The molecule has 1 N–H and O–H groups in total. The van der Waals surface area contributed by atoms with Crippen molar-refractivity contribution in [1.82, 2.24) is 15.1 Å². The van der Waals surface area contributed by atoms with Gasteiger partial charge in [-0.1, -0.05) is 26.2 Å². The molecular formula is C21H29F2N3O. The van der Waals surface area contributed by atoms with Crippen molar-refractivity contribution in [2.75, 3.05) is 6.54 Å². The smallest absolute Gasteiger partial charge is 0.212 e. The normalized spacial score (nSPS) is 15.2. The molecule has 0 unspecified atom stereocenters. The number of ether oxygens (including phenoxy) is 1. The summed E-state index contributed by atoms with van der Waals surface area (Å²) in [6.07, 6.45) is 7.32. The van der Waals surface area contributed by atoms with Crippen molar-refractivity contribution < 1.29 is 13.5 Å². The Hall–Kier alpha value is -1.95. The van der Waals surface area contributed by atoms with Crippen molar-refractivity contribution in [3.05, 3.63) is 47.2 Å². The quantitative estimate of drug-likeness (QED) is 0.637. The van der Waals surface area contributed by atoms with Crippen LogP contribution in [-0.4, -0.2) is 16.3 Å². The highest BCUT2D eigenvalue weighted by Crippen LogP contribution is 2.27. The first kappa shape index (κ1) is 19.8. The van der Waals surface area contributed by atoms with E-state index in [9.17, 15) is 8.78 Å². The van der Waals surface area contributed by atoms with Crippen molar-refractivity contribution >= 4 is 0 Å². The van der Waals surface area contributed by atoms with E-state index in [1.807, 2.05) is 10.7 Å². The molecule has 1 saturated carbocycles. The zero-order valence-electron chi connectivity index (χ0n) is 16.0. The molecule has 6 heteroatoms. The number of nitrogens with one attached hydrogen (secondary N) is 1. The van der Waals surface area contributed by atoms with Gasteiger partial charge < -0.3 is 10.1 Å². The van der Waals surface area contributed by atoms with E-state index in [2.05, 4.69) is 17.3 Å². The fraction of sp³-hybridized carbons (Fsp3) is 0.571. The largest absolute Gasteiger partial charge is 0.473 e. The Morgan fingerprint density at radius 1 is 1.19 bits per heavy atom. The van der Waals surface area contributed by atoms with Crippen LogP contribution in [0.25, 0.3) is 0 Å². The second kappa shape index (κ2) is 9.83. The Kier molecular flexibility index (Phi) is 7.21. The van der Waals surface area contributed by atoms with Gasteiger partial charge in [-0.25, -0.2) is 13.5 Å². The second-order valence-electron chi connectivity index (χ2n) is 7.36. The maximum absolute atomic E-state index is 13.9. The van der Waals surface area contributed by atoms with Crippen molar-refractivity contribution in [2.45, 2.75) is 65.1 Å². The molecule has 2 aromatic rings. The monoisotopic (exact) mass is 377 g/mol.